The van der Waals surface area contributed by atoms with Gasteiger partial charge in [-0.1, -0.05) is 0 Å². The highest BCUT2D eigenvalue weighted by molar-refractivity contribution is 9.40. The van der Waals surface area contributed by atoms with E-state index in [1.807, 2.05) is 0 Å². The maximum Gasteiger partial charge on any atom is 0.259 e. The fourth-order valence-electron chi connectivity index (χ4n) is 4.28. The van der Waals surface area contributed by atoms with Gasteiger partial charge in [0.05, 0.1) is 0 Å². The lowest BCUT2D eigenvalue weighted by atomic mass is 9.76. The summed E-state index contributed by atoms with van der Waals surface area (Å²) >= 11 is 9.86. The molecule has 0 saturated heterocycles. The first-order chi connectivity index (χ1) is 7.38. The number of carbonyl (C=O) groups is 1. The topological polar surface area (TPSA) is 29.1 Å². The van der Waals surface area contributed by atoms with Gasteiger partial charge in [-0.2, -0.15) is 0 Å². The van der Waals surface area contributed by atoms with Crippen molar-refractivity contribution < 1.29 is 4.79 Å². The summed E-state index contributed by atoms with van der Waals surface area (Å²) in [5, 5.41) is 3.24. The van der Waals surface area contributed by atoms with Crippen LogP contribution in [0.4, 0.5) is 0 Å². The molecule has 4 bridgehead atoms. The first-order valence-electron chi connectivity index (χ1n) is 5.77. The van der Waals surface area contributed by atoms with Crippen molar-refractivity contribution in [2.45, 2.75) is 39.8 Å². The molecule has 0 radical (unpaired) electrons. The lowest BCUT2D eigenvalue weighted by molar-refractivity contribution is -0.121. The van der Waals surface area contributed by atoms with E-state index in [4.69, 9.17) is 0 Å². The highest BCUT2D eigenvalue weighted by Crippen LogP contribution is 2.60. The molecule has 4 fully saturated rings. The second kappa shape index (κ2) is 3.70. The van der Waals surface area contributed by atoms with Gasteiger partial charge in [0.1, 0.15) is 0 Å². The maximum atomic E-state index is 12.0. The van der Waals surface area contributed by atoms with Crippen molar-refractivity contribution in [1.82, 2.24) is 5.32 Å². The van der Waals surface area contributed by atoms with Gasteiger partial charge >= 0.3 is 0 Å². The molecule has 0 aromatic carbocycles. The van der Waals surface area contributed by atoms with Crippen molar-refractivity contribution >= 4 is 53.7 Å². The predicted octanol–water partition coefficient (Wildman–Crippen LogP) is 3.52. The number of nitrogens with one attached hydrogen (secondary N) is 1. The molecule has 0 aromatic heterocycles. The van der Waals surface area contributed by atoms with Crippen LogP contribution in [0, 0.1) is 17.8 Å². The summed E-state index contributed by atoms with van der Waals surface area (Å²) in [7, 11) is 0. The quantitative estimate of drug-likeness (QED) is 0.652. The number of halogens is 3. The van der Waals surface area contributed by atoms with E-state index in [2.05, 4.69) is 53.1 Å². The summed E-state index contributed by atoms with van der Waals surface area (Å²) < 4.78 is -0.804. The third-order valence-corrected chi connectivity index (χ3v) is 5.64. The van der Waals surface area contributed by atoms with Crippen LogP contribution < -0.4 is 5.32 Å². The van der Waals surface area contributed by atoms with Crippen molar-refractivity contribution in [3.8, 4) is 0 Å². The second-order valence-corrected chi connectivity index (χ2v) is 12.5. The summed E-state index contributed by atoms with van der Waals surface area (Å²) in [5.41, 5.74) is 0.105. The fourth-order valence-corrected chi connectivity index (χ4v) is 4.57. The number of amides is 1. The Labute approximate surface area is 121 Å². The van der Waals surface area contributed by atoms with Crippen molar-refractivity contribution in [3.05, 3.63) is 0 Å². The Bertz CT molecular complexity index is 319. The lowest BCUT2D eigenvalue weighted by Gasteiger charge is -2.39. The molecule has 0 spiro atoms. The van der Waals surface area contributed by atoms with Crippen LogP contribution >= 0.6 is 47.8 Å². The zero-order valence-corrected chi connectivity index (χ0v) is 13.6. The average Bonchev–Trinajstić information content (AvgIpc) is 2.51. The Morgan fingerprint density at radius 2 is 1.69 bits per heavy atom. The van der Waals surface area contributed by atoms with Crippen LogP contribution in [0.1, 0.15) is 32.1 Å². The van der Waals surface area contributed by atoms with Gasteiger partial charge in [0.15, 0.2) is 0 Å². The minimum Gasteiger partial charge on any atom is -0.348 e. The van der Waals surface area contributed by atoms with Crippen molar-refractivity contribution in [1.29, 1.82) is 0 Å². The van der Waals surface area contributed by atoms with Gasteiger partial charge in [-0.15, -0.1) is 0 Å². The van der Waals surface area contributed by atoms with Crippen molar-refractivity contribution in [3.63, 3.8) is 0 Å². The molecule has 1 amide bonds. The molecule has 4 aliphatic rings. The molecule has 90 valence electrons. The largest absolute Gasteiger partial charge is 0.348 e. The fraction of sp³-hybridized carbons (Fsp3) is 0.909. The van der Waals surface area contributed by atoms with Gasteiger partial charge in [-0.3, -0.25) is 4.79 Å². The van der Waals surface area contributed by atoms with E-state index in [1.54, 1.807) is 0 Å². The van der Waals surface area contributed by atoms with Crippen LogP contribution in [-0.2, 0) is 4.79 Å². The van der Waals surface area contributed by atoms with Gasteiger partial charge in [-0.05, 0) is 97.6 Å². The van der Waals surface area contributed by atoms with E-state index in [0.29, 0.717) is 0 Å². The highest BCUT2D eigenvalue weighted by Gasteiger charge is 2.57. The third-order valence-electron chi connectivity index (χ3n) is 4.56. The van der Waals surface area contributed by atoms with E-state index >= 15 is 0 Å². The molecule has 0 heterocycles. The van der Waals surface area contributed by atoms with Gasteiger partial charge in [-0.25, -0.2) is 0 Å². The van der Waals surface area contributed by atoms with Crippen LogP contribution in [0.2, 0.25) is 0 Å². The maximum absolute atomic E-state index is 12.0. The smallest absolute Gasteiger partial charge is 0.259 e. The standard InChI is InChI=1S/C11H14Br3NO/c12-11(13,14)9(16)15-10-3-6-1-7(4-10)8(2-6)5-10/h6-8H,1-5H2,(H,15,16). The Hall–Kier alpha value is 0.910. The molecular formula is C11H14Br3NO. The minimum absolute atomic E-state index is 0.00514. The number of hydrogen-bond acceptors (Lipinski definition) is 1. The molecule has 5 heteroatoms. The Kier molecular flexibility index (Phi) is 2.77. The Balaban J connectivity index is 1.75. The Morgan fingerprint density at radius 3 is 2.12 bits per heavy atom. The molecule has 16 heavy (non-hydrogen) atoms. The number of alkyl halides is 3. The normalized spacial score (nSPS) is 45.1. The molecule has 1 N–H and O–H groups in total. The highest BCUT2D eigenvalue weighted by atomic mass is 80.0. The summed E-state index contributed by atoms with van der Waals surface area (Å²) in [4.78, 5) is 12.0. The van der Waals surface area contributed by atoms with E-state index in [9.17, 15) is 4.79 Å². The van der Waals surface area contributed by atoms with Gasteiger partial charge in [0.25, 0.3) is 5.91 Å². The Morgan fingerprint density at radius 1 is 1.12 bits per heavy atom. The van der Waals surface area contributed by atoms with E-state index < -0.39 is 2.14 Å². The molecule has 4 aliphatic carbocycles. The van der Waals surface area contributed by atoms with E-state index in [1.165, 1.54) is 32.1 Å². The average molecular weight is 416 g/mol. The number of hydrogen-bond donors (Lipinski definition) is 1. The minimum atomic E-state index is -0.804. The van der Waals surface area contributed by atoms with Crippen LogP contribution in [0.3, 0.4) is 0 Å². The molecule has 2 atom stereocenters. The van der Waals surface area contributed by atoms with Gasteiger partial charge in [0.2, 0.25) is 2.14 Å². The molecule has 0 aromatic rings. The molecule has 2 unspecified atom stereocenters. The monoisotopic (exact) mass is 413 g/mol. The molecule has 4 rings (SSSR count). The zero-order valence-electron chi connectivity index (χ0n) is 8.81. The van der Waals surface area contributed by atoms with Crippen molar-refractivity contribution in [2.75, 3.05) is 0 Å². The molecule has 4 saturated carbocycles. The lowest BCUT2D eigenvalue weighted by Crippen LogP contribution is -2.53. The summed E-state index contributed by atoms with van der Waals surface area (Å²) in [6, 6.07) is 0. The van der Waals surface area contributed by atoms with Crippen LogP contribution in [-0.4, -0.2) is 13.6 Å². The van der Waals surface area contributed by atoms with Crippen LogP contribution in [0.15, 0.2) is 0 Å². The molecule has 2 nitrogen and oxygen atoms in total. The van der Waals surface area contributed by atoms with Crippen LogP contribution in [0.25, 0.3) is 0 Å². The van der Waals surface area contributed by atoms with Crippen molar-refractivity contribution in [2.24, 2.45) is 17.8 Å². The molecular weight excluding hydrogens is 402 g/mol. The SMILES string of the molecule is O=C(NC12CC3CC(C1)C(C3)C2)C(Br)(Br)Br. The van der Waals surface area contributed by atoms with Crippen LogP contribution in [0.5, 0.6) is 0 Å². The zero-order chi connectivity index (χ0) is 11.6. The first kappa shape index (κ1) is 12.0. The second-order valence-electron chi connectivity index (χ2n) is 5.70. The molecule has 0 aliphatic heterocycles. The predicted molar refractivity (Wildman–Crippen MR) is 73.9 cm³/mol. The number of carbonyl (C=O) groups excluding carboxylic acids is 1. The number of rotatable bonds is 1. The first-order valence-corrected chi connectivity index (χ1v) is 8.15. The van der Waals surface area contributed by atoms with E-state index in [-0.39, 0.29) is 11.4 Å². The van der Waals surface area contributed by atoms with E-state index in [0.717, 1.165) is 17.8 Å². The van der Waals surface area contributed by atoms with Gasteiger partial charge in [0, 0.05) is 5.54 Å². The summed E-state index contributed by atoms with van der Waals surface area (Å²) in [6.45, 7) is 0. The third kappa shape index (κ3) is 1.91. The van der Waals surface area contributed by atoms with Gasteiger partial charge < -0.3 is 5.32 Å². The summed E-state index contributed by atoms with van der Waals surface area (Å²) in [6.07, 6.45) is 6.40. The summed E-state index contributed by atoms with van der Waals surface area (Å²) in [5.74, 6) is 2.63.